The Bertz CT molecular complexity index is 952. The molecule has 0 bridgehead atoms. The van der Waals surface area contributed by atoms with Crippen molar-refractivity contribution in [3.63, 3.8) is 0 Å². The predicted octanol–water partition coefficient (Wildman–Crippen LogP) is 3.43. The number of aryl methyl sites for hydroxylation is 2. The summed E-state index contributed by atoms with van der Waals surface area (Å²) in [6.07, 6.45) is -0.190. The van der Waals surface area contributed by atoms with Crippen LogP contribution >= 0.6 is 11.3 Å². The van der Waals surface area contributed by atoms with Gasteiger partial charge in [-0.15, -0.1) is 11.3 Å². The summed E-state index contributed by atoms with van der Waals surface area (Å²) in [6.45, 7) is 3.12. The van der Waals surface area contributed by atoms with E-state index >= 15 is 0 Å². The Hall–Kier alpha value is -3.27. The van der Waals surface area contributed by atoms with Crippen LogP contribution in [0, 0.1) is 24.0 Å². The molecule has 154 valence electrons. The number of methoxy groups -OCH3 is 1. The molecule has 0 aliphatic rings. The molecule has 1 N–H and O–H groups in total. The molecule has 1 aromatic heterocycles. The molecule has 1 amide bonds. The summed E-state index contributed by atoms with van der Waals surface area (Å²) in [5.41, 5.74) is 0.191. The van der Waals surface area contributed by atoms with Crippen LogP contribution in [0.15, 0.2) is 24.3 Å². The standard InChI is InChI=1S/C19H20N2O7S/c1-11-8-14(12(2)29-11)17(22)6-7-19(24)28-10-18(23)20-15-5-4-13(27-3)9-16(15)21(25)26/h4-5,8-9H,6-7,10H2,1-3H3,(H,20,23). The zero-order valence-electron chi connectivity index (χ0n) is 16.1. The molecule has 0 aliphatic heterocycles. The number of benzene rings is 1. The van der Waals surface area contributed by atoms with Crippen molar-refractivity contribution in [1.82, 2.24) is 0 Å². The lowest BCUT2D eigenvalue weighted by atomic mass is 10.1. The van der Waals surface area contributed by atoms with E-state index in [0.29, 0.717) is 5.56 Å². The number of hydrogen-bond donors (Lipinski definition) is 1. The molecule has 0 unspecified atom stereocenters. The molecule has 0 spiro atoms. The van der Waals surface area contributed by atoms with Gasteiger partial charge in [-0.1, -0.05) is 0 Å². The number of amides is 1. The number of ketones is 1. The van der Waals surface area contributed by atoms with Gasteiger partial charge >= 0.3 is 5.97 Å². The summed E-state index contributed by atoms with van der Waals surface area (Å²) in [5.74, 6) is -1.34. The highest BCUT2D eigenvalue weighted by molar-refractivity contribution is 7.12. The van der Waals surface area contributed by atoms with Gasteiger partial charge in [-0.05, 0) is 32.0 Å². The van der Waals surface area contributed by atoms with E-state index < -0.39 is 23.4 Å². The number of hydrogen-bond acceptors (Lipinski definition) is 8. The van der Waals surface area contributed by atoms with E-state index in [-0.39, 0.29) is 35.7 Å². The molecule has 29 heavy (non-hydrogen) atoms. The number of anilines is 1. The Kier molecular flexibility index (Phi) is 7.43. The van der Waals surface area contributed by atoms with Crippen LogP contribution in [0.3, 0.4) is 0 Å². The van der Waals surface area contributed by atoms with E-state index in [1.807, 2.05) is 13.8 Å². The van der Waals surface area contributed by atoms with Crippen molar-refractivity contribution in [2.45, 2.75) is 26.7 Å². The monoisotopic (exact) mass is 420 g/mol. The van der Waals surface area contributed by atoms with Crippen molar-refractivity contribution in [3.05, 3.63) is 49.7 Å². The maximum Gasteiger partial charge on any atom is 0.306 e. The van der Waals surface area contributed by atoms with E-state index in [0.717, 1.165) is 9.75 Å². The zero-order chi connectivity index (χ0) is 21.6. The molecule has 1 aromatic carbocycles. The fraction of sp³-hybridized carbons (Fsp3) is 0.316. The Labute approximate surface area is 170 Å². The third kappa shape index (κ3) is 6.11. The number of ether oxygens (including phenoxy) is 2. The molecule has 0 saturated carbocycles. The number of nitro groups is 1. The van der Waals surface area contributed by atoms with Gasteiger partial charge in [0, 0.05) is 21.7 Å². The number of thiophene rings is 1. The first-order chi connectivity index (χ1) is 13.7. The van der Waals surface area contributed by atoms with Gasteiger partial charge < -0.3 is 14.8 Å². The van der Waals surface area contributed by atoms with Crippen molar-refractivity contribution < 1.29 is 28.8 Å². The number of nitrogens with zero attached hydrogens (tertiary/aromatic N) is 1. The van der Waals surface area contributed by atoms with Crippen LogP contribution in [0.1, 0.15) is 33.0 Å². The minimum Gasteiger partial charge on any atom is -0.496 e. The molecule has 0 saturated heterocycles. The molecule has 1 heterocycles. The van der Waals surface area contributed by atoms with Gasteiger partial charge in [-0.2, -0.15) is 0 Å². The average molecular weight is 420 g/mol. The largest absolute Gasteiger partial charge is 0.496 e. The highest BCUT2D eigenvalue weighted by Gasteiger charge is 2.19. The smallest absolute Gasteiger partial charge is 0.306 e. The number of carbonyl (C=O) groups is 3. The summed E-state index contributed by atoms with van der Waals surface area (Å²) in [5, 5.41) is 13.4. The first-order valence-corrected chi connectivity index (χ1v) is 9.41. The van der Waals surface area contributed by atoms with Crippen molar-refractivity contribution in [3.8, 4) is 5.75 Å². The zero-order valence-corrected chi connectivity index (χ0v) is 17.0. The lowest BCUT2D eigenvalue weighted by Gasteiger charge is -2.08. The second-order valence-electron chi connectivity index (χ2n) is 6.10. The third-order valence-corrected chi connectivity index (χ3v) is 4.90. The lowest BCUT2D eigenvalue weighted by Crippen LogP contribution is -2.21. The molecule has 0 fully saturated rings. The Morgan fingerprint density at radius 3 is 2.48 bits per heavy atom. The second kappa shape index (κ2) is 9.78. The molecule has 9 nitrogen and oxygen atoms in total. The summed E-state index contributed by atoms with van der Waals surface area (Å²) >= 11 is 1.51. The minimum atomic E-state index is -0.734. The van der Waals surface area contributed by atoms with Gasteiger partial charge in [0.15, 0.2) is 12.4 Å². The second-order valence-corrected chi connectivity index (χ2v) is 7.56. The molecule has 0 radical (unpaired) electrons. The van der Waals surface area contributed by atoms with Crippen LogP contribution in [-0.2, 0) is 14.3 Å². The van der Waals surface area contributed by atoms with E-state index in [9.17, 15) is 24.5 Å². The fourth-order valence-corrected chi connectivity index (χ4v) is 3.50. The lowest BCUT2D eigenvalue weighted by molar-refractivity contribution is -0.384. The van der Waals surface area contributed by atoms with Crippen LogP contribution in [0.4, 0.5) is 11.4 Å². The SMILES string of the molecule is COc1ccc(NC(=O)COC(=O)CCC(=O)c2cc(C)sc2C)c([N+](=O)[O-])c1. The Morgan fingerprint density at radius 1 is 1.17 bits per heavy atom. The Morgan fingerprint density at radius 2 is 1.90 bits per heavy atom. The van der Waals surface area contributed by atoms with Gasteiger partial charge in [-0.25, -0.2) is 0 Å². The van der Waals surface area contributed by atoms with Gasteiger partial charge in [0.1, 0.15) is 11.4 Å². The van der Waals surface area contributed by atoms with Crippen molar-refractivity contribution in [1.29, 1.82) is 0 Å². The number of esters is 1. The summed E-state index contributed by atoms with van der Waals surface area (Å²) < 4.78 is 9.77. The quantitative estimate of drug-likeness (QED) is 0.285. The van der Waals surface area contributed by atoms with Gasteiger partial charge in [0.05, 0.1) is 24.5 Å². The van der Waals surface area contributed by atoms with Gasteiger partial charge in [-0.3, -0.25) is 24.5 Å². The predicted molar refractivity (Wildman–Crippen MR) is 107 cm³/mol. The number of nitro benzene ring substituents is 1. The summed E-state index contributed by atoms with van der Waals surface area (Å²) in [7, 11) is 1.36. The number of carbonyl (C=O) groups excluding carboxylic acids is 3. The molecule has 2 rings (SSSR count). The van der Waals surface area contributed by atoms with Crippen molar-refractivity contribution in [2.75, 3.05) is 19.0 Å². The maximum atomic E-state index is 12.2. The number of nitrogens with one attached hydrogen (secondary N) is 1. The van der Waals surface area contributed by atoms with Crippen LogP contribution in [-0.4, -0.2) is 36.3 Å². The Balaban J connectivity index is 1.84. The normalized spacial score (nSPS) is 10.3. The topological polar surface area (TPSA) is 125 Å². The van der Waals surface area contributed by atoms with E-state index in [2.05, 4.69) is 5.32 Å². The maximum absolute atomic E-state index is 12.2. The molecule has 2 aromatic rings. The first-order valence-electron chi connectivity index (χ1n) is 8.59. The van der Waals surface area contributed by atoms with Crippen LogP contribution < -0.4 is 10.1 Å². The van der Waals surface area contributed by atoms with E-state index in [1.165, 1.54) is 36.6 Å². The highest BCUT2D eigenvalue weighted by Crippen LogP contribution is 2.28. The molecular formula is C19H20N2O7S. The van der Waals surface area contributed by atoms with Crippen molar-refractivity contribution >= 4 is 40.4 Å². The van der Waals surface area contributed by atoms with E-state index in [4.69, 9.17) is 9.47 Å². The fourth-order valence-electron chi connectivity index (χ4n) is 2.56. The summed E-state index contributed by atoms with van der Waals surface area (Å²) in [6, 6.07) is 5.72. The van der Waals surface area contributed by atoms with Crippen LogP contribution in [0.5, 0.6) is 5.75 Å². The molecule has 0 atom stereocenters. The first kappa shape index (κ1) is 22.0. The van der Waals surface area contributed by atoms with Gasteiger partial charge in [0.25, 0.3) is 11.6 Å². The highest BCUT2D eigenvalue weighted by atomic mass is 32.1. The third-order valence-electron chi connectivity index (χ3n) is 3.94. The van der Waals surface area contributed by atoms with Gasteiger partial charge in [0.2, 0.25) is 0 Å². The van der Waals surface area contributed by atoms with Crippen LogP contribution in [0.25, 0.3) is 0 Å². The average Bonchev–Trinajstić information content (AvgIpc) is 3.02. The number of rotatable bonds is 9. The van der Waals surface area contributed by atoms with Crippen molar-refractivity contribution in [2.24, 2.45) is 0 Å². The molecule has 10 heteroatoms. The van der Waals surface area contributed by atoms with E-state index in [1.54, 1.807) is 6.07 Å². The molecular weight excluding hydrogens is 400 g/mol. The summed E-state index contributed by atoms with van der Waals surface area (Å²) in [4.78, 5) is 48.3. The minimum absolute atomic E-state index is 0.0264. The molecule has 0 aliphatic carbocycles. The van der Waals surface area contributed by atoms with Crippen LogP contribution in [0.2, 0.25) is 0 Å². The number of Topliss-reactive ketones (excluding diaryl/α,β-unsaturated/α-hetero) is 1.